The molecule has 0 spiro atoms. The molecule has 0 N–H and O–H groups in total. The molecule has 2 aromatic rings. The lowest BCUT2D eigenvalue weighted by Gasteiger charge is -2.57. The minimum atomic E-state index is -0.0194. The molecule has 6 nitrogen and oxygen atoms in total. The number of carbonyl (C=O) groups is 1. The zero-order valence-corrected chi connectivity index (χ0v) is 20.1. The zero-order valence-electron chi connectivity index (χ0n) is 19.3. The molecular weight excluding hydrogens is 420 g/mol. The van der Waals surface area contributed by atoms with Gasteiger partial charge in [-0.3, -0.25) is 9.69 Å². The number of piperazine rings is 1. The maximum Gasteiger partial charge on any atom is 0.257 e. The maximum atomic E-state index is 13.6. The van der Waals surface area contributed by atoms with Gasteiger partial charge in [-0.05, 0) is 81.3 Å². The third kappa shape index (κ3) is 3.61. The Bertz CT molecular complexity index is 968. The van der Waals surface area contributed by atoms with Crippen LogP contribution in [0.15, 0.2) is 10.5 Å². The standard InChI is InChI=1S/C25H34N4O2S/c1-3-20-16(2)8-21(32-20)23-27-26-22(31-23)15-28-4-6-29(7-5-28)24(30)25-12-17-9-18(13-25)11-19(10-17)14-25/h8,17-19H,3-7,9-15H2,1-2H3. The Morgan fingerprint density at radius 2 is 1.75 bits per heavy atom. The first-order valence-corrected chi connectivity index (χ1v) is 13.3. The molecule has 0 radical (unpaired) electrons. The Morgan fingerprint density at radius 3 is 2.34 bits per heavy atom. The lowest BCUT2D eigenvalue weighted by molar-refractivity contribution is -0.159. The van der Waals surface area contributed by atoms with Crippen molar-refractivity contribution in [3.05, 3.63) is 22.4 Å². The fourth-order valence-corrected chi connectivity index (χ4v) is 8.44. The van der Waals surface area contributed by atoms with Gasteiger partial charge in [-0.1, -0.05) is 6.92 Å². The monoisotopic (exact) mass is 454 g/mol. The van der Waals surface area contributed by atoms with Crippen molar-refractivity contribution in [2.45, 2.75) is 65.3 Å². The molecule has 4 aliphatic carbocycles. The van der Waals surface area contributed by atoms with E-state index in [9.17, 15) is 4.79 Å². The van der Waals surface area contributed by atoms with Crippen LogP contribution in [-0.4, -0.2) is 52.1 Å². The van der Waals surface area contributed by atoms with Crippen molar-refractivity contribution in [2.24, 2.45) is 23.2 Å². The van der Waals surface area contributed by atoms with E-state index in [4.69, 9.17) is 4.42 Å². The highest BCUT2D eigenvalue weighted by Gasteiger charge is 2.55. The molecule has 1 amide bonds. The molecule has 0 aromatic carbocycles. The molecule has 7 rings (SSSR count). The van der Waals surface area contributed by atoms with E-state index in [-0.39, 0.29) is 5.41 Å². The lowest BCUT2D eigenvalue weighted by Crippen LogP contribution is -2.58. The van der Waals surface area contributed by atoms with Gasteiger partial charge in [0.2, 0.25) is 11.8 Å². The number of rotatable bonds is 5. The van der Waals surface area contributed by atoms with Crippen molar-refractivity contribution >= 4 is 17.2 Å². The first-order chi connectivity index (χ1) is 15.5. The Labute approximate surface area is 194 Å². The largest absolute Gasteiger partial charge is 0.419 e. The van der Waals surface area contributed by atoms with Crippen LogP contribution >= 0.6 is 11.3 Å². The van der Waals surface area contributed by atoms with Crippen LogP contribution in [0.2, 0.25) is 0 Å². The van der Waals surface area contributed by atoms with Crippen LogP contribution in [0, 0.1) is 30.1 Å². The van der Waals surface area contributed by atoms with Crippen molar-refractivity contribution < 1.29 is 9.21 Å². The predicted molar refractivity (Wildman–Crippen MR) is 124 cm³/mol. The van der Waals surface area contributed by atoms with Gasteiger partial charge in [-0.15, -0.1) is 21.5 Å². The van der Waals surface area contributed by atoms with Gasteiger partial charge in [0.15, 0.2) is 0 Å². The Morgan fingerprint density at radius 1 is 1.09 bits per heavy atom. The van der Waals surface area contributed by atoms with E-state index in [1.165, 1.54) is 29.7 Å². The van der Waals surface area contributed by atoms with Gasteiger partial charge in [-0.2, -0.15) is 0 Å². The number of hydrogen-bond acceptors (Lipinski definition) is 6. The van der Waals surface area contributed by atoms with E-state index in [0.29, 0.717) is 24.2 Å². The molecule has 32 heavy (non-hydrogen) atoms. The van der Waals surface area contributed by atoms with Crippen LogP contribution in [0.25, 0.3) is 10.8 Å². The second-order valence-electron chi connectivity index (χ2n) is 10.8. The van der Waals surface area contributed by atoms with Gasteiger partial charge in [0.25, 0.3) is 5.89 Å². The molecular formula is C25H34N4O2S. The van der Waals surface area contributed by atoms with E-state index in [1.807, 2.05) is 0 Å². The Hall–Kier alpha value is -1.73. The summed E-state index contributed by atoms with van der Waals surface area (Å²) in [5.41, 5.74) is 1.28. The SMILES string of the molecule is CCc1sc(-c2nnc(CN3CCN(C(=O)C45CC6CC(CC(C6)C4)C5)CC3)o2)cc1C. The predicted octanol–water partition coefficient (Wildman–Crippen LogP) is 4.53. The normalized spacial score (nSPS) is 32.1. The minimum Gasteiger partial charge on any atom is -0.419 e. The van der Waals surface area contributed by atoms with Crippen molar-refractivity contribution in [3.63, 3.8) is 0 Å². The zero-order chi connectivity index (χ0) is 21.9. The molecule has 2 aromatic heterocycles. The highest BCUT2D eigenvalue weighted by Crippen LogP contribution is 2.60. The highest BCUT2D eigenvalue weighted by molar-refractivity contribution is 7.15. The molecule has 172 valence electrons. The molecule has 4 saturated carbocycles. The summed E-state index contributed by atoms with van der Waals surface area (Å²) < 4.78 is 5.99. The number of carbonyl (C=O) groups excluding carboxylic acids is 1. The number of aromatic nitrogens is 2. The third-order valence-corrected chi connectivity index (χ3v) is 9.90. The lowest BCUT2D eigenvalue weighted by atomic mass is 9.49. The Kier molecular flexibility index (Phi) is 5.17. The van der Waals surface area contributed by atoms with Gasteiger partial charge in [0.1, 0.15) is 0 Å². The first-order valence-electron chi connectivity index (χ1n) is 12.4. The molecule has 3 heterocycles. The van der Waals surface area contributed by atoms with Gasteiger partial charge in [0.05, 0.1) is 16.8 Å². The summed E-state index contributed by atoms with van der Waals surface area (Å²) in [6.45, 7) is 8.39. The average Bonchev–Trinajstić information content (AvgIpc) is 3.39. The molecule has 7 heteroatoms. The highest BCUT2D eigenvalue weighted by atomic mass is 32.1. The van der Waals surface area contributed by atoms with E-state index in [1.54, 1.807) is 11.3 Å². The summed E-state index contributed by atoms with van der Waals surface area (Å²) in [6, 6.07) is 2.15. The van der Waals surface area contributed by atoms with Crippen LogP contribution in [0.3, 0.4) is 0 Å². The number of aryl methyl sites for hydroxylation is 2. The van der Waals surface area contributed by atoms with Crippen molar-refractivity contribution in [1.29, 1.82) is 0 Å². The van der Waals surface area contributed by atoms with Crippen LogP contribution in [0.5, 0.6) is 0 Å². The summed E-state index contributed by atoms with van der Waals surface area (Å²) in [5.74, 6) is 4.22. The van der Waals surface area contributed by atoms with Gasteiger partial charge in [0, 0.05) is 31.1 Å². The molecule has 1 aliphatic heterocycles. The fourth-order valence-electron chi connectivity index (χ4n) is 7.40. The summed E-state index contributed by atoms with van der Waals surface area (Å²) in [7, 11) is 0. The Balaban J connectivity index is 1.06. The van der Waals surface area contributed by atoms with Gasteiger partial charge in [-0.25, -0.2) is 0 Å². The quantitative estimate of drug-likeness (QED) is 0.664. The number of thiophene rings is 1. The topological polar surface area (TPSA) is 62.5 Å². The van der Waals surface area contributed by atoms with E-state index >= 15 is 0 Å². The van der Waals surface area contributed by atoms with E-state index in [2.05, 4.69) is 39.9 Å². The molecule has 5 aliphatic rings. The molecule has 4 bridgehead atoms. The fraction of sp³-hybridized carbons (Fsp3) is 0.720. The number of hydrogen-bond donors (Lipinski definition) is 0. The summed E-state index contributed by atoms with van der Waals surface area (Å²) in [6.07, 6.45) is 8.66. The number of amides is 1. The van der Waals surface area contributed by atoms with Crippen LogP contribution in [-0.2, 0) is 17.8 Å². The van der Waals surface area contributed by atoms with Crippen molar-refractivity contribution in [3.8, 4) is 10.8 Å². The van der Waals surface area contributed by atoms with Crippen molar-refractivity contribution in [2.75, 3.05) is 26.2 Å². The molecule has 1 saturated heterocycles. The average molecular weight is 455 g/mol. The van der Waals surface area contributed by atoms with Crippen LogP contribution < -0.4 is 0 Å². The minimum absolute atomic E-state index is 0.0194. The second kappa shape index (κ2) is 7.94. The molecule has 0 atom stereocenters. The number of nitrogens with zero attached hydrogens (tertiary/aromatic N) is 4. The summed E-state index contributed by atoms with van der Waals surface area (Å²) in [4.78, 5) is 20.5. The van der Waals surface area contributed by atoms with Crippen LogP contribution in [0.4, 0.5) is 0 Å². The van der Waals surface area contributed by atoms with E-state index in [0.717, 1.165) is 74.5 Å². The third-order valence-electron chi connectivity index (χ3n) is 8.53. The van der Waals surface area contributed by atoms with Gasteiger partial charge >= 0.3 is 0 Å². The molecule has 5 fully saturated rings. The van der Waals surface area contributed by atoms with Crippen molar-refractivity contribution in [1.82, 2.24) is 20.0 Å². The van der Waals surface area contributed by atoms with Crippen LogP contribution in [0.1, 0.15) is 61.8 Å². The van der Waals surface area contributed by atoms with E-state index < -0.39 is 0 Å². The summed E-state index contributed by atoms with van der Waals surface area (Å²) >= 11 is 1.74. The second-order valence-corrected chi connectivity index (χ2v) is 12.0. The van der Waals surface area contributed by atoms with Gasteiger partial charge < -0.3 is 9.32 Å². The summed E-state index contributed by atoms with van der Waals surface area (Å²) in [5, 5.41) is 8.59. The molecule has 0 unspecified atom stereocenters. The maximum absolute atomic E-state index is 13.6. The smallest absolute Gasteiger partial charge is 0.257 e. The first kappa shape index (κ1) is 20.8.